The summed E-state index contributed by atoms with van der Waals surface area (Å²) in [5.41, 5.74) is 6.34. The van der Waals surface area contributed by atoms with Crippen LogP contribution in [0.3, 0.4) is 0 Å². The van der Waals surface area contributed by atoms with E-state index in [1.165, 1.54) is 32.2 Å². The fourth-order valence-corrected chi connectivity index (χ4v) is 2.45. The third kappa shape index (κ3) is 7.77. The molecule has 0 fully saturated rings. The lowest BCUT2D eigenvalue weighted by atomic mass is 9.87. The lowest BCUT2D eigenvalue weighted by Gasteiger charge is -2.37. The lowest BCUT2D eigenvalue weighted by Crippen LogP contribution is -2.46. The van der Waals surface area contributed by atoms with Crippen LogP contribution in [0.4, 0.5) is 0 Å². The number of unbranched alkanes of at least 4 members (excludes halogenated alkanes) is 2. The predicted molar refractivity (Wildman–Crippen MR) is 78.3 cm³/mol. The molecule has 0 bridgehead atoms. The Bertz CT molecular complexity index is 182. The van der Waals surface area contributed by atoms with Gasteiger partial charge in [0.25, 0.3) is 0 Å². The Balaban J connectivity index is 4.41. The summed E-state index contributed by atoms with van der Waals surface area (Å²) in [5, 5.41) is 0. The second-order valence-electron chi connectivity index (χ2n) is 6.69. The molecule has 0 spiro atoms. The van der Waals surface area contributed by atoms with E-state index in [1.807, 2.05) is 0 Å². The minimum Gasteiger partial charge on any atom is -0.329 e. The van der Waals surface area contributed by atoms with E-state index in [9.17, 15) is 0 Å². The molecule has 1 atom stereocenters. The van der Waals surface area contributed by atoms with Gasteiger partial charge in [0.1, 0.15) is 0 Å². The van der Waals surface area contributed by atoms with Crippen LogP contribution in [0.5, 0.6) is 0 Å². The Morgan fingerprint density at radius 1 is 1.12 bits per heavy atom. The third-order valence-electron chi connectivity index (χ3n) is 3.27. The van der Waals surface area contributed by atoms with E-state index >= 15 is 0 Å². The maximum absolute atomic E-state index is 5.98. The molecule has 0 amide bonds. The SMILES string of the molecule is CCCCCN(C(C)C)C(CN)CC(C)(C)C. The Hall–Kier alpha value is -0.0800. The van der Waals surface area contributed by atoms with Gasteiger partial charge in [-0.05, 0) is 38.6 Å². The molecular formula is C15H34N2. The first-order valence-corrected chi connectivity index (χ1v) is 7.27. The molecule has 0 radical (unpaired) electrons. The molecule has 0 aromatic carbocycles. The van der Waals surface area contributed by atoms with Crippen molar-refractivity contribution in [1.29, 1.82) is 0 Å². The second-order valence-corrected chi connectivity index (χ2v) is 6.69. The van der Waals surface area contributed by atoms with Crippen LogP contribution in [0.1, 0.15) is 67.2 Å². The highest BCUT2D eigenvalue weighted by molar-refractivity contribution is 4.80. The molecule has 0 aliphatic carbocycles. The van der Waals surface area contributed by atoms with Gasteiger partial charge in [-0.3, -0.25) is 4.90 Å². The van der Waals surface area contributed by atoms with Gasteiger partial charge in [-0.1, -0.05) is 40.5 Å². The topological polar surface area (TPSA) is 29.3 Å². The molecule has 0 saturated heterocycles. The van der Waals surface area contributed by atoms with E-state index in [2.05, 4.69) is 46.4 Å². The first-order valence-electron chi connectivity index (χ1n) is 7.27. The van der Waals surface area contributed by atoms with Gasteiger partial charge in [-0.2, -0.15) is 0 Å². The molecule has 17 heavy (non-hydrogen) atoms. The van der Waals surface area contributed by atoms with Crippen LogP contribution in [-0.2, 0) is 0 Å². The van der Waals surface area contributed by atoms with Gasteiger partial charge in [0, 0.05) is 18.6 Å². The molecule has 0 heterocycles. The van der Waals surface area contributed by atoms with E-state index in [1.54, 1.807) is 0 Å². The third-order valence-corrected chi connectivity index (χ3v) is 3.27. The molecule has 0 aliphatic heterocycles. The quantitative estimate of drug-likeness (QED) is 0.658. The van der Waals surface area contributed by atoms with Gasteiger partial charge in [-0.25, -0.2) is 0 Å². The molecule has 0 saturated carbocycles. The van der Waals surface area contributed by atoms with E-state index in [0.717, 1.165) is 6.54 Å². The van der Waals surface area contributed by atoms with Crippen LogP contribution in [0, 0.1) is 5.41 Å². The van der Waals surface area contributed by atoms with E-state index < -0.39 is 0 Å². The van der Waals surface area contributed by atoms with Crippen molar-refractivity contribution in [3.8, 4) is 0 Å². The molecule has 2 nitrogen and oxygen atoms in total. The van der Waals surface area contributed by atoms with Crippen molar-refractivity contribution < 1.29 is 0 Å². The average Bonchev–Trinajstić information content (AvgIpc) is 2.20. The molecular weight excluding hydrogens is 208 g/mol. The van der Waals surface area contributed by atoms with Crippen LogP contribution >= 0.6 is 0 Å². The summed E-state index contributed by atoms with van der Waals surface area (Å²) < 4.78 is 0. The molecule has 2 N–H and O–H groups in total. The summed E-state index contributed by atoms with van der Waals surface area (Å²) >= 11 is 0. The van der Waals surface area contributed by atoms with Crippen molar-refractivity contribution in [2.45, 2.75) is 79.3 Å². The molecule has 0 aliphatic rings. The van der Waals surface area contributed by atoms with Gasteiger partial charge >= 0.3 is 0 Å². The minimum atomic E-state index is 0.363. The first-order chi connectivity index (χ1) is 7.81. The highest BCUT2D eigenvalue weighted by Crippen LogP contribution is 2.24. The Morgan fingerprint density at radius 2 is 1.71 bits per heavy atom. The average molecular weight is 242 g/mol. The summed E-state index contributed by atoms with van der Waals surface area (Å²) in [6.45, 7) is 15.7. The van der Waals surface area contributed by atoms with Crippen molar-refractivity contribution in [2.75, 3.05) is 13.1 Å². The summed E-state index contributed by atoms with van der Waals surface area (Å²) in [4.78, 5) is 2.60. The molecule has 1 unspecified atom stereocenters. The van der Waals surface area contributed by atoms with Crippen LogP contribution in [0.2, 0.25) is 0 Å². The van der Waals surface area contributed by atoms with Crippen molar-refractivity contribution >= 4 is 0 Å². The molecule has 104 valence electrons. The van der Waals surface area contributed by atoms with E-state index in [0.29, 0.717) is 17.5 Å². The zero-order chi connectivity index (χ0) is 13.5. The van der Waals surface area contributed by atoms with Gasteiger partial charge in [-0.15, -0.1) is 0 Å². The van der Waals surface area contributed by atoms with Crippen molar-refractivity contribution in [1.82, 2.24) is 4.90 Å². The molecule has 0 aromatic rings. The largest absolute Gasteiger partial charge is 0.329 e. The maximum atomic E-state index is 5.98. The zero-order valence-corrected chi connectivity index (χ0v) is 12.9. The second kappa shape index (κ2) is 8.10. The smallest absolute Gasteiger partial charge is 0.0226 e. The molecule has 0 aromatic heterocycles. The van der Waals surface area contributed by atoms with Crippen molar-refractivity contribution in [3.05, 3.63) is 0 Å². The van der Waals surface area contributed by atoms with Gasteiger partial charge < -0.3 is 5.73 Å². The zero-order valence-electron chi connectivity index (χ0n) is 12.9. The fourth-order valence-electron chi connectivity index (χ4n) is 2.45. The van der Waals surface area contributed by atoms with Gasteiger partial charge in [0.2, 0.25) is 0 Å². The lowest BCUT2D eigenvalue weighted by molar-refractivity contribution is 0.117. The molecule has 0 rings (SSSR count). The van der Waals surface area contributed by atoms with Gasteiger partial charge in [0.05, 0.1) is 0 Å². The monoisotopic (exact) mass is 242 g/mol. The highest BCUT2D eigenvalue weighted by Gasteiger charge is 2.24. The van der Waals surface area contributed by atoms with Crippen LogP contribution in [-0.4, -0.2) is 30.1 Å². The van der Waals surface area contributed by atoms with Crippen LogP contribution in [0.15, 0.2) is 0 Å². The number of hydrogen-bond acceptors (Lipinski definition) is 2. The highest BCUT2D eigenvalue weighted by atomic mass is 15.2. The maximum Gasteiger partial charge on any atom is 0.0226 e. The normalized spacial score (nSPS) is 14.6. The van der Waals surface area contributed by atoms with Gasteiger partial charge in [0.15, 0.2) is 0 Å². The summed E-state index contributed by atoms with van der Waals surface area (Å²) in [6, 6.07) is 1.13. The van der Waals surface area contributed by atoms with Crippen molar-refractivity contribution in [3.63, 3.8) is 0 Å². The predicted octanol–water partition coefficient (Wildman–Crippen LogP) is 3.65. The summed E-state index contributed by atoms with van der Waals surface area (Å²) in [6.07, 6.45) is 5.11. The number of rotatable bonds is 8. The Morgan fingerprint density at radius 3 is 2.06 bits per heavy atom. The Labute approximate surface area is 109 Å². The van der Waals surface area contributed by atoms with Crippen LogP contribution in [0.25, 0.3) is 0 Å². The minimum absolute atomic E-state index is 0.363. The van der Waals surface area contributed by atoms with E-state index in [4.69, 9.17) is 5.73 Å². The summed E-state index contributed by atoms with van der Waals surface area (Å²) in [5.74, 6) is 0. The fraction of sp³-hybridized carbons (Fsp3) is 1.00. The number of nitrogens with two attached hydrogens (primary N) is 1. The summed E-state index contributed by atoms with van der Waals surface area (Å²) in [7, 11) is 0. The first kappa shape index (κ1) is 16.9. The number of nitrogens with zero attached hydrogens (tertiary/aromatic N) is 1. The van der Waals surface area contributed by atoms with E-state index in [-0.39, 0.29) is 0 Å². The Kier molecular flexibility index (Phi) is 8.06. The molecule has 2 heteroatoms. The van der Waals surface area contributed by atoms with Crippen LogP contribution < -0.4 is 5.73 Å². The standard InChI is InChI=1S/C15H34N2/c1-7-8-9-10-17(13(2)3)14(12-16)11-15(4,5)6/h13-14H,7-12,16H2,1-6H3. The number of hydrogen-bond donors (Lipinski definition) is 1. The van der Waals surface area contributed by atoms with Crippen molar-refractivity contribution in [2.24, 2.45) is 11.1 Å².